The molecule has 6 nitrogen and oxygen atoms in total. The molecular formula is C20H30N2O4. The molecule has 144 valence electrons. The smallest absolute Gasteiger partial charge is 0.410 e. The van der Waals surface area contributed by atoms with Gasteiger partial charge < -0.3 is 19.3 Å². The van der Waals surface area contributed by atoms with Crippen LogP contribution in [0.1, 0.15) is 40.5 Å². The van der Waals surface area contributed by atoms with Crippen molar-refractivity contribution >= 4 is 12.2 Å². The van der Waals surface area contributed by atoms with E-state index in [1.165, 1.54) is 0 Å². The molecule has 0 aliphatic carbocycles. The number of hydrogen-bond acceptors (Lipinski definition) is 4. The van der Waals surface area contributed by atoms with Crippen molar-refractivity contribution < 1.29 is 19.1 Å². The number of nitrogens with zero attached hydrogens (tertiary/aromatic N) is 2. The average Bonchev–Trinajstić information content (AvgIpc) is 3.12. The maximum absolute atomic E-state index is 12.5. The molecule has 0 saturated carbocycles. The largest absolute Gasteiger partial charge is 0.445 e. The highest BCUT2D eigenvalue weighted by Crippen LogP contribution is 2.33. The quantitative estimate of drug-likeness (QED) is 0.712. The Labute approximate surface area is 156 Å². The van der Waals surface area contributed by atoms with E-state index in [0.29, 0.717) is 13.1 Å². The van der Waals surface area contributed by atoms with Crippen molar-refractivity contribution in [3.05, 3.63) is 36.5 Å². The highest BCUT2D eigenvalue weighted by atomic mass is 16.6. The van der Waals surface area contributed by atoms with Gasteiger partial charge in [-0.3, -0.25) is 0 Å². The van der Waals surface area contributed by atoms with Crippen molar-refractivity contribution in [2.24, 2.45) is 0 Å². The third-order valence-corrected chi connectivity index (χ3v) is 4.51. The second-order valence-corrected chi connectivity index (χ2v) is 7.61. The van der Waals surface area contributed by atoms with Crippen molar-refractivity contribution in [2.45, 2.75) is 58.2 Å². The molecule has 0 aromatic carbocycles. The highest BCUT2D eigenvalue weighted by Gasteiger charge is 2.47. The first-order chi connectivity index (χ1) is 12.3. The molecule has 0 aromatic heterocycles. The Balaban J connectivity index is 1.94. The Morgan fingerprint density at radius 2 is 1.69 bits per heavy atom. The molecule has 2 saturated heterocycles. The second kappa shape index (κ2) is 8.43. The van der Waals surface area contributed by atoms with Gasteiger partial charge in [-0.2, -0.15) is 0 Å². The molecular weight excluding hydrogens is 332 g/mol. The molecule has 26 heavy (non-hydrogen) atoms. The van der Waals surface area contributed by atoms with Gasteiger partial charge in [-0.1, -0.05) is 30.9 Å². The van der Waals surface area contributed by atoms with Crippen LogP contribution in [-0.4, -0.2) is 59.4 Å². The molecule has 2 rings (SSSR count). The number of rotatable bonds is 4. The molecule has 6 heteroatoms. The number of amides is 2. The monoisotopic (exact) mass is 362 g/mol. The molecule has 0 bridgehead atoms. The predicted molar refractivity (Wildman–Crippen MR) is 101 cm³/mol. The normalized spacial score (nSPS) is 23.3. The lowest BCUT2D eigenvalue weighted by Gasteiger charge is -2.28. The van der Waals surface area contributed by atoms with E-state index < -0.39 is 5.60 Å². The van der Waals surface area contributed by atoms with Gasteiger partial charge in [0.15, 0.2) is 0 Å². The minimum Gasteiger partial charge on any atom is -0.445 e. The summed E-state index contributed by atoms with van der Waals surface area (Å²) >= 11 is 0. The van der Waals surface area contributed by atoms with E-state index in [1.807, 2.05) is 45.9 Å². The Morgan fingerprint density at radius 3 is 2.19 bits per heavy atom. The van der Waals surface area contributed by atoms with Gasteiger partial charge in [0.1, 0.15) is 12.2 Å². The maximum Gasteiger partial charge on any atom is 0.410 e. The van der Waals surface area contributed by atoms with E-state index in [-0.39, 0.29) is 30.9 Å². The van der Waals surface area contributed by atoms with Crippen LogP contribution in [0.25, 0.3) is 0 Å². The minimum atomic E-state index is -0.521. The number of allylic oxidation sites excluding steroid dienone is 3. The molecule has 0 N–H and O–H groups in total. The standard InChI is InChI=1S/C20H30N2O4/c1-6-8-15(9-7-2)14-25-18(23)21-12-10-17-16(21)11-13-22(17)19(24)26-20(3,4)5/h6-9,16-17H,1,10-14H2,2-5H3/b9-7-,15-8+. The van der Waals surface area contributed by atoms with Crippen molar-refractivity contribution in [1.82, 2.24) is 9.80 Å². The maximum atomic E-state index is 12.5. The van der Waals surface area contributed by atoms with E-state index in [2.05, 4.69) is 6.58 Å². The summed E-state index contributed by atoms with van der Waals surface area (Å²) < 4.78 is 10.9. The lowest BCUT2D eigenvalue weighted by atomic mass is 10.1. The summed E-state index contributed by atoms with van der Waals surface area (Å²) in [6.07, 6.45) is 8.15. The Hall–Kier alpha value is -2.24. The summed E-state index contributed by atoms with van der Waals surface area (Å²) in [5.74, 6) is 0. The third kappa shape index (κ3) is 4.90. The van der Waals surface area contributed by atoms with Gasteiger partial charge >= 0.3 is 12.2 Å². The first-order valence-electron chi connectivity index (χ1n) is 9.14. The summed E-state index contributed by atoms with van der Waals surface area (Å²) in [6, 6.07) is 0.0136. The zero-order valence-corrected chi connectivity index (χ0v) is 16.2. The number of likely N-dealkylation sites (tertiary alicyclic amines) is 2. The number of ether oxygens (including phenoxy) is 2. The number of carbonyl (C=O) groups is 2. The molecule has 2 aliphatic heterocycles. The number of carbonyl (C=O) groups excluding carboxylic acids is 2. The van der Waals surface area contributed by atoms with Crippen LogP contribution in [0.4, 0.5) is 9.59 Å². The lowest BCUT2D eigenvalue weighted by molar-refractivity contribution is 0.0221. The van der Waals surface area contributed by atoms with Crippen molar-refractivity contribution in [3.63, 3.8) is 0 Å². The molecule has 2 heterocycles. The number of hydrogen-bond donors (Lipinski definition) is 0. The first-order valence-corrected chi connectivity index (χ1v) is 9.14. The Morgan fingerprint density at radius 1 is 1.12 bits per heavy atom. The van der Waals surface area contributed by atoms with Crippen molar-refractivity contribution in [1.29, 1.82) is 0 Å². The summed E-state index contributed by atoms with van der Waals surface area (Å²) in [5, 5.41) is 0. The van der Waals surface area contributed by atoms with Gasteiger partial charge in [0.05, 0.1) is 12.1 Å². The second-order valence-electron chi connectivity index (χ2n) is 7.61. The van der Waals surface area contributed by atoms with Crippen LogP contribution >= 0.6 is 0 Å². The van der Waals surface area contributed by atoms with E-state index in [0.717, 1.165) is 18.4 Å². The zero-order valence-electron chi connectivity index (χ0n) is 16.2. The van der Waals surface area contributed by atoms with Crippen molar-refractivity contribution in [3.8, 4) is 0 Å². The van der Waals surface area contributed by atoms with Gasteiger partial charge in [0, 0.05) is 13.1 Å². The molecule has 0 aromatic rings. The van der Waals surface area contributed by atoms with Gasteiger partial charge in [-0.15, -0.1) is 0 Å². The Bertz CT molecular complexity index is 603. The fraction of sp³-hybridized carbons (Fsp3) is 0.600. The highest BCUT2D eigenvalue weighted by molar-refractivity contribution is 5.72. The zero-order chi connectivity index (χ0) is 19.3. The predicted octanol–water partition coefficient (Wildman–Crippen LogP) is 3.90. The fourth-order valence-corrected chi connectivity index (χ4v) is 3.51. The van der Waals surface area contributed by atoms with Crippen LogP contribution in [0, 0.1) is 0 Å². The van der Waals surface area contributed by atoms with Gasteiger partial charge in [0.25, 0.3) is 0 Å². The van der Waals surface area contributed by atoms with E-state index in [1.54, 1.807) is 15.9 Å². The van der Waals surface area contributed by atoms with E-state index >= 15 is 0 Å². The summed E-state index contributed by atoms with van der Waals surface area (Å²) in [5.41, 5.74) is 0.362. The fourth-order valence-electron chi connectivity index (χ4n) is 3.51. The molecule has 0 spiro atoms. The van der Waals surface area contributed by atoms with Crippen LogP contribution in [0.3, 0.4) is 0 Å². The molecule has 2 unspecified atom stereocenters. The summed E-state index contributed by atoms with van der Waals surface area (Å²) in [6.45, 7) is 12.6. The molecule has 2 amide bonds. The van der Waals surface area contributed by atoms with Crippen LogP contribution in [0.2, 0.25) is 0 Å². The molecule has 2 aliphatic rings. The van der Waals surface area contributed by atoms with Crippen molar-refractivity contribution in [2.75, 3.05) is 19.7 Å². The van der Waals surface area contributed by atoms with Gasteiger partial charge in [0.2, 0.25) is 0 Å². The lowest BCUT2D eigenvalue weighted by Crippen LogP contribution is -2.43. The third-order valence-electron chi connectivity index (χ3n) is 4.51. The summed E-state index contributed by atoms with van der Waals surface area (Å²) in [7, 11) is 0. The minimum absolute atomic E-state index is 0.00331. The topological polar surface area (TPSA) is 59.1 Å². The average molecular weight is 362 g/mol. The SMILES string of the molecule is C=C/C=C(\C=C/C)COC(=O)N1CCC2C1CCN2C(=O)OC(C)(C)C. The van der Waals surface area contributed by atoms with Gasteiger partial charge in [-0.05, 0) is 46.1 Å². The van der Waals surface area contributed by atoms with Crippen LogP contribution in [-0.2, 0) is 9.47 Å². The van der Waals surface area contributed by atoms with E-state index in [4.69, 9.17) is 9.47 Å². The summed E-state index contributed by atoms with van der Waals surface area (Å²) in [4.78, 5) is 28.4. The van der Waals surface area contributed by atoms with E-state index in [9.17, 15) is 9.59 Å². The molecule has 0 radical (unpaired) electrons. The molecule has 2 atom stereocenters. The van der Waals surface area contributed by atoms with Crippen LogP contribution < -0.4 is 0 Å². The van der Waals surface area contributed by atoms with Crippen LogP contribution in [0.5, 0.6) is 0 Å². The number of fused-ring (bicyclic) bond motifs is 1. The van der Waals surface area contributed by atoms with Gasteiger partial charge in [-0.25, -0.2) is 9.59 Å². The first kappa shape index (κ1) is 20.1. The molecule has 2 fully saturated rings. The Kier molecular flexibility index (Phi) is 6.51. The van der Waals surface area contributed by atoms with Crippen LogP contribution in [0.15, 0.2) is 36.5 Å².